The molecule has 5 rings (SSSR count). The highest BCUT2D eigenvalue weighted by Crippen LogP contribution is 2.36. The Hall–Kier alpha value is -3.38. The molecule has 0 bridgehead atoms. The summed E-state index contributed by atoms with van der Waals surface area (Å²) in [5.41, 5.74) is 3.25. The molecule has 150 valence electrons. The van der Waals surface area contributed by atoms with Gasteiger partial charge in [-0.3, -0.25) is 4.79 Å². The maximum Gasteiger partial charge on any atom is 0.201 e. The van der Waals surface area contributed by atoms with E-state index >= 15 is 0 Å². The van der Waals surface area contributed by atoms with E-state index in [1.54, 1.807) is 30.3 Å². The molecule has 0 N–H and O–H groups in total. The summed E-state index contributed by atoms with van der Waals surface area (Å²) < 4.78 is 35.4. The molecule has 4 aromatic rings. The lowest BCUT2D eigenvalue weighted by molar-refractivity contribution is 0.357. The molecule has 0 amide bonds. The number of hydrogen-bond donors (Lipinski definition) is 0. The van der Waals surface area contributed by atoms with Crippen LogP contribution < -0.4 is 10.2 Å². The highest BCUT2D eigenvalue weighted by atomic mass is 32.2. The van der Waals surface area contributed by atoms with Crippen LogP contribution in [0.2, 0.25) is 0 Å². The maximum atomic E-state index is 13.5. The SMILES string of the molecule is CS(=O)(=O)c1ccc(-c2oc3ccccc3c(=O)c2-c2ccc3c(c2)CCO3)cc1. The van der Waals surface area contributed by atoms with Crippen molar-refractivity contribution < 1.29 is 17.6 Å². The van der Waals surface area contributed by atoms with Crippen LogP contribution >= 0.6 is 0 Å². The molecule has 0 aliphatic carbocycles. The second kappa shape index (κ2) is 6.85. The molecule has 0 spiro atoms. The van der Waals surface area contributed by atoms with Gasteiger partial charge >= 0.3 is 0 Å². The molecule has 1 aliphatic rings. The van der Waals surface area contributed by atoms with Crippen LogP contribution in [-0.2, 0) is 16.3 Å². The van der Waals surface area contributed by atoms with Crippen molar-refractivity contribution in [3.8, 4) is 28.2 Å². The molecule has 0 saturated heterocycles. The van der Waals surface area contributed by atoms with Crippen molar-refractivity contribution >= 4 is 20.8 Å². The molecule has 2 heterocycles. The van der Waals surface area contributed by atoms with Crippen molar-refractivity contribution in [2.45, 2.75) is 11.3 Å². The van der Waals surface area contributed by atoms with Gasteiger partial charge < -0.3 is 9.15 Å². The first-order valence-corrected chi connectivity index (χ1v) is 11.4. The van der Waals surface area contributed by atoms with Crippen molar-refractivity contribution in [3.05, 3.63) is 82.5 Å². The lowest BCUT2D eigenvalue weighted by Crippen LogP contribution is -2.07. The van der Waals surface area contributed by atoms with Gasteiger partial charge in [-0.1, -0.05) is 18.2 Å². The van der Waals surface area contributed by atoms with E-state index in [0.29, 0.717) is 34.5 Å². The van der Waals surface area contributed by atoms with Gasteiger partial charge in [-0.05, 0) is 59.7 Å². The van der Waals surface area contributed by atoms with Gasteiger partial charge in [-0.15, -0.1) is 0 Å². The van der Waals surface area contributed by atoms with Gasteiger partial charge in [0.15, 0.2) is 9.84 Å². The Balaban J connectivity index is 1.79. The van der Waals surface area contributed by atoms with E-state index in [9.17, 15) is 13.2 Å². The van der Waals surface area contributed by atoms with Crippen molar-refractivity contribution in [2.24, 2.45) is 0 Å². The summed E-state index contributed by atoms with van der Waals surface area (Å²) in [6.45, 7) is 0.630. The third kappa shape index (κ3) is 3.09. The zero-order chi connectivity index (χ0) is 20.9. The van der Waals surface area contributed by atoms with Gasteiger partial charge in [0.25, 0.3) is 0 Å². The molecular weight excluding hydrogens is 400 g/mol. The number of hydrogen-bond acceptors (Lipinski definition) is 5. The average molecular weight is 418 g/mol. The molecule has 6 heteroatoms. The Bertz CT molecular complexity index is 1450. The monoisotopic (exact) mass is 418 g/mol. The lowest BCUT2D eigenvalue weighted by atomic mass is 9.96. The fourth-order valence-corrected chi connectivity index (χ4v) is 4.43. The smallest absolute Gasteiger partial charge is 0.201 e. The quantitative estimate of drug-likeness (QED) is 0.491. The summed E-state index contributed by atoms with van der Waals surface area (Å²) in [5, 5.41) is 0.501. The van der Waals surface area contributed by atoms with Gasteiger partial charge in [0.05, 0.1) is 22.5 Å². The van der Waals surface area contributed by atoms with E-state index < -0.39 is 9.84 Å². The van der Waals surface area contributed by atoms with Gasteiger partial charge in [-0.25, -0.2) is 8.42 Å². The van der Waals surface area contributed by atoms with Crippen LogP contribution in [0.25, 0.3) is 33.4 Å². The Morgan fingerprint density at radius 3 is 2.40 bits per heavy atom. The molecule has 5 nitrogen and oxygen atoms in total. The number of ether oxygens (including phenoxy) is 1. The molecule has 0 atom stereocenters. The Labute approximate surface area is 173 Å². The first-order valence-electron chi connectivity index (χ1n) is 9.54. The van der Waals surface area contributed by atoms with Crippen LogP contribution in [0.5, 0.6) is 5.75 Å². The molecule has 0 radical (unpaired) electrons. The molecule has 0 saturated carbocycles. The Kier molecular flexibility index (Phi) is 4.25. The number of fused-ring (bicyclic) bond motifs is 2. The molecule has 1 aliphatic heterocycles. The molecule has 0 fully saturated rings. The second-order valence-electron chi connectivity index (χ2n) is 7.35. The zero-order valence-corrected chi connectivity index (χ0v) is 17.0. The minimum absolute atomic E-state index is 0.127. The van der Waals surface area contributed by atoms with Crippen molar-refractivity contribution in [2.75, 3.05) is 12.9 Å². The van der Waals surface area contributed by atoms with Crippen molar-refractivity contribution in [1.82, 2.24) is 0 Å². The first-order chi connectivity index (χ1) is 14.4. The van der Waals surface area contributed by atoms with Crippen molar-refractivity contribution in [3.63, 3.8) is 0 Å². The standard InChI is InChI=1S/C24H18O5S/c1-30(26,27)18-9-6-15(7-10-18)24-22(17-8-11-20-16(14-17)12-13-28-20)23(25)19-4-2-3-5-21(19)29-24/h2-11,14H,12-13H2,1H3. The zero-order valence-electron chi connectivity index (χ0n) is 16.2. The molecular formula is C24H18O5S. The Morgan fingerprint density at radius 1 is 0.900 bits per heavy atom. The van der Waals surface area contributed by atoms with E-state index in [-0.39, 0.29) is 10.3 Å². The predicted octanol–water partition coefficient (Wildman–Crippen LogP) is 4.47. The minimum atomic E-state index is -3.32. The van der Waals surface area contributed by atoms with Gasteiger partial charge in [0, 0.05) is 18.2 Å². The maximum absolute atomic E-state index is 13.5. The van der Waals surface area contributed by atoms with Crippen LogP contribution in [-0.4, -0.2) is 21.3 Å². The second-order valence-corrected chi connectivity index (χ2v) is 9.36. The first kappa shape index (κ1) is 18.6. The fourth-order valence-electron chi connectivity index (χ4n) is 3.80. The summed E-state index contributed by atoms with van der Waals surface area (Å²) in [4.78, 5) is 13.7. The lowest BCUT2D eigenvalue weighted by Gasteiger charge is -2.12. The average Bonchev–Trinajstić information content (AvgIpc) is 3.21. The van der Waals surface area contributed by atoms with E-state index in [1.165, 1.54) is 12.1 Å². The van der Waals surface area contributed by atoms with E-state index in [2.05, 4.69) is 0 Å². The Morgan fingerprint density at radius 2 is 1.63 bits per heavy atom. The predicted molar refractivity (Wildman–Crippen MR) is 116 cm³/mol. The van der Waals surface area contributed by atoms with E-state index in [0.717, 1.165) is 29.6 Å². The molecule has 3 aromatic carbocycles. The molecule has 0 unspecified atom stereocenters. The third-order valence-electron chi connectivity index (χ3n) is 5.32. The van der Waals surface area contributed by atoms with Crippen LogP contribution in [0.3, 0.4) is 0 Å². The minimum Gasteiger partial charge on any atom is -0.493 e. The van der Waals surface area contributed by atoms with E-state index in [4.69, 9.17) is 9.15 Å². The van der Waals surface area contributed by atoms with E-state index in [1.807, 2.05) is 24.3 Å². The van der Waals surface area contributed by atoms with Crippen LogP contribution in [0.1, 0.15) is 5.56 Å². The normalized spacial score (nSPS) is 13.2. The summed E-state index contributed by atoms with van der Waals surface area (Å²) in [6.07, 6.45) is 1.96. The van der Waals surface area contributed by atoms with Gasteiger partial charge in [0.1, 0.15) is 17.1 Å². The highest BCUT2D eigenvalue weighted by Gasteiger charge is 2.21. The van der Waals surface area contributed by atoms with Crippen molar-refractivity contribution in [1.29, 1.82) is 0 Å². The topological polar surface area (TPSA) is 73.6 Å². The number of rotatable bonds is 3. The number of benzene rings is 3. The third-order valence-corrected chi connectivity index (χ3v) is 6.45. The van der Waals surface area contributed by atoms with Gasteiger partial charge in [0.2, 0.25) is 5.43 Å². The summed E-state index contributed by atoms with van der Waals surface area (Å²) >= 11 is 0. The summed E-state index contributed by atoms with van der Waals surface area (Å²) in [6, 6.07) is 19.2. The fraction of sp³-hybridized carbons (Fsp3) is 0.125. The highest BCUT2D eigenvalue weighted by molar-refractivity contribution is 7.90. The van der Waals surface area contributed by atoms with Crippen LogP contribution in [0.4, 0.5) is 0 Å². The number of para-hydroxylation sites is 1. The number of sulfone groups is 1. The van der Waals surface area contributed by atoms with Crippen LogP contribution in [0, 0.1) is 0 Å². The largest absolute Gasteiger partial charge is 0.493 e. The van der Waals surface area contributed by atoms with Gasteiger partial charge in [-0.2, -0.15) is 0 Å². The summed E-state index contributed by atoms with van der Waals surface area (Å²) in [7, 11) is -3.32. The molecule has 30 heavy (non-hydrogen) atoms. The molecule has 1 aromatic heterocycles. The van der Waals surface area contributed by atoms with Crippen LogP contribution in [0.15, 0.2) is 80.8 Å². The summed E-state index contributed by atoms with van der Waals surface area (Å²) in [5.74, 6) is 1.25.